The lowest BCUT2D eigenvalue weighted by molar-refractivity contribution is 0.102. The average Bonchev–Trinajstić information content (AvgIpc) is 2.77. The number of piperazine rings is 1. The number of para-hydroxylation sites is 1. The molecule has 0 bridgehead atoms. The van der Waals surface area contributed by atoms with E-state index in [1.807, 2.05) is 50.4 Å². The molecule has 0 radical (unpaired) electrons. The number of nitrogens with one attached hydrogen (secondary N) is 1. The van der Waals surface area contributed by atoms with Gasteiger partial charge in [0.1, 0.15) is 0 Å². The Morgan fingerprint density at radius 2 is 1.55 bits per heavy atom. The summed E-state index contributed by atoms with van der Waals surface area (Å²) in [6.45, 7) is 7.71. The number of aryl methyl sites for hydroxylation is 2. The number of rotatable bonds is 4. The maximum atomic E-state index is 12.8. The Kier molecular flexibility index (Phi) is 5.47. The standard InChI is InChI=1S/C24H26N4O/c1-18-8-9-19(2)23(14-18)26-24(29)20-15-22(17-25-16-20)28-12-10-27(11-13-28)21-6-4-3-5-7-21/h3-9,14-17H,10-13H2,1-2H3,(H,26,29). The fraction of sp³-hybridized carbons (Fsp3) is 0.250. The molecule has 5 nitrogen and oxygen atoms in total. The van der Waals surface area contributed by atoms with E-state index >= 15 is 0 Å². The lowest BCUT2D eigenvalue weighted by Gasteiger charge is -2.37. The highest BCUT2D eigenvalue weighted by Crippen LogP contribution is 2.22. The number of amides is 1. The third-order valence-corrected chi connectivity index (χ3v) is 5.39. The normalized spacial score (nSPS) is 14.0. The van der Waals surface area contributed by atoms with Crippen molar-refractivity contribution in [1.82, 2.24) is 4.98 Å². The summed E-state index contributed by atoms with van der Waals surface area (Å²) in [5.74, 6) is -0.129. The molecule has 1 aliphatic rings. The van der Waals surface area contributed by atoms with Crippen molar-refractivity contribution in [2.75, 3.05) is 41.3 Å². The number of carbonyl (C=O) groups excluding carboxylic acids is 1. The Bertz CT molecular complexity index is 995. The molecule has 1 aliphatic heterocycles. The molecule has 0 atom stereocenters. The van der Waals surface area contributed by atoms with Crippen molar-refractivity contribution in [2.24, 2.45) is 0 Å². The van der Waals surface area contributed by atoms with E-state index in [-0.39, 0.29) is 5.91 Å². The van der Waals surface area contributed by atoms with Gasteiger partial charge in [-0.25, -0.2) is 0 Å². The molecule has 1 saturated heterocycles. The van der Waals surface area contributed by atoms with Gasteiger partial charge >= 0.3 is 0 Å². The molecule has 1 fully saturated rings. The highest BCUT2D eigenvalue weighted by Gasteiger charge is 2.19. The molecular weight excluding hydrogens is 360 g/mol. The lowest BCUT2D eigenvalue weighted by atomic mass is 10.1. The van der Waals surface area contributed by atoms with Gasteiger partial charge in [-0.3, -0.25) is 9.78 Å². The number of anilines is 3. The van der Waals surface area contributed by atoms with E-state index in [9.17, 15) is 4.79 Å². The van der Waals surface area contributed by atoms with E-state index in [0.717, 1.165) is 48.7 Å². The van der Waals surface area contributed by atoms with Crippen LogP contribution in [0.2, 0.25) is 0 Å². The summed E-state index contributed by atoms with van der Waals surface area (Å²) in [5, 5.41) is 3.02. The van der Waals surface area contributed by atoms with Crippen LogP contribution in [0, 0.1) is 13.8 Å². The first-order valence-electron chi connectivity index (χ1n) is 9.99. The molecule has 0 spiro atoms. The van der Waals surface area contributed by atoms with Gasteiger partial charge in [0, 0.05) is 43.8 Å². The lowest BCUT2D eigenvalue weighted by Crippen LogP contribution is -2.46. The second-order valence-corrected chi connectivity index (χ2v) is 7.51. The topological polar surface area (TPSA) is 48.5 Å². The number of benzene rings is 2. The van der Waals surface area contributed by atoms with Gasteiger partial charge in [-0.15, -0.1) is 0 Å². The summed E-state index contributed by atoms with van der Waals surface area (Å²) in [4.78, 5) is 21.8. The zero-order valence-corrected chi connectivity index (χ0v) is 16.9. The fourth-order valence-electron chi connectivity index (χ4n) is 3.65. The molecule has 4 rings (SSSR count). The van der Waals surface area contributed by atoms with Gasteiger partial charge in [-0.05, 0) is 49.2 Å². The Morgan fingerprint density at radius 1 is 0.862 bits per heavy atom. The van der Waals surface area contributed by atoms with Crippen LogP contribution in [0.1, 0.15) is 21.5 Å². The third-order valence-electron chi connectivity index (χ3n) is 5.39. The summed E-state index contributed by atoms with van der Waals surface area (Å²) in [6, 6.07) is 18.5. The van der Waals surface area contributed by atoms with E-state index < -0.39 is 0 Å². The highest BCUT2D eigenvalue weighted by atomic mass is 16.1. The molecule has 3 aromatic rings. The van der Waals surface area contributed by atoms with Gasteiger partial charge in [0.2, 0.25) is 0 Å². The Morgan fingerprint density at radius 3 is 2.28 bits per heavy atom. The molecule has 2 heterocycles. The fourth-order valence-corrected chi connectivity index (χ4v) is 3.65. The predicted molar refractivity (Wildman–Crippen MR) is 119 cm³/mol. The number of carbonyl (C=O) groups is 1. The number of aromatic nitrogens is 1. The van der Waals surface area contributed by atoms with E-state index in [4.69, 9.17) is 0 Å². The summed E-state index contributed by atoms with van der Waals surface area (Å²) >= 11 is 0. The zero-order chi connectivity index (χ0) is 20.2. The quantitative estimate of drug-likeness (QED) is 0.727. The number of hydrogen-bond donors (Lipinski definition) is 1. The van der Waals surface area contributed by atoms with Crippen LogP contribution in [0.4, 0.5) is 17.1 Å². The monoisotopic (exact) mass is 386 g/mol. The molecule has 5 heteroatoms. The molecule has 0 aliphatic carbocycles. The summed E-state index contributed by atoms with van der Waals surface area (Å²) in [5.41, 5.74) is 5.84. The van der Waals surface area contributed by atoms with Crippen LogP contribution < -0.4 is 15.1 Å². The minimum atomic E-state index is -0.129. The molecule has 1 amide bonds. The maximum absolute atomic E-state index is 12.8. The summed E-state index contributed by atoms with van der Waals surface area (Å²) in [7, 11) is 0. The van der Waals surface area contributed by atoms with Gasteiger partial charge in [0.05, 0.1) is 17.4 Å². The van der Waals surface area contributed by atoms with Crippen molar-refractivity contribution in [1.29, 1.82) is 0 Å². The molecule has 1 aromatic heterocycles. The first-order valence-corrected chi connectivity index (χ1v) is 9.99. The van der Waals surface area contributed by atoms with Gasteiger partial charge in [-0.2, -0.15) is 0 Å². The minimum absolute atomic E-state index is 0.129. The van der Waals surface area contributed by atoms with Crippen molar-refractivity contribution in [3.63, 3.8) is 0 Å². The largest absolute Gasteiger partial charge is 0.368 e. The van der Waals surface area contributed by atoms with Crippen molar-refractivity contribution in [3.8, 4) is 0 Å². The summed E-state index contributed by atoms with van der Waals surface area (Å²) < 4.78 is 0. The predicted octanol–water partition coefficient (Wildman–Crippen LogP) is 4.28. The van der Waals surface area contributed by atoms with Crippen LogP contribution in [-0.2, 0) is 0 Å². The van der Waals surface area contributed by atoms with Gasteiger partial charge in [0.15, 0.2) is 0 Å². The molecule has 0 saturated carbocycles. The highest BCUT2D eigenvalue weighted by molar-refractivity contribution is 6.05. The molecule has 0 unspecified atom stereocenters. The van der Waals surface area contributed by atoms with E-state index in [1.165, 1.54) is 5.69 Å². The van der Waals surface area contributed by atoms with Crippen LogP contribution in [0.5, 0.6) is 0 Å². The second-order valence-electron chi connectivity index (χ2n) is 7.51. The minimum Gasteiger partial charge on any atom is -0.368 e. The van der Waals surface area contributed by atoms with Crippen molar-refractivity contribution in [2.45, 2.75) is 13.8 Å². The molecule has 148 valence electrons. The SMILES string of the molecule is Cc1ccc(C)c(NC(=O)c2cncc(N3CCN(c4ccccc4)CC3)c2)c1. The Hall–Kier alpha value is -3.34. The van der Waals surface area contributed by atoms with Gasteiger partial charge in [0.25, 0.3) is 5.91 Å². The Labute approximate surface area is 172 Å². The van der Waals surface area contributed by atoms with Crippen LogP contribution in [0.15, 0.2) is 67.0 Å². The van der Waals surface area contributed by atoms with Crippen LogP contribution in [0.25, 0.3) is 0 Å². The van der Waals surface area contributed by atoms with Crippen LogP contribution >= 0.6 is 0 Å². The Balaban J connectivity index is 1.44. The zero-order valence-electron chi connectivity index (χ0n) is 16.9. The average molecular weight is 386 g/mol. The smallest absolute Gasteiger partial charge is 0.257 e. The first kappa shape index (κ1) is 19.0. The van der Waals surface area contributed by atoms with Crippen LogP contribution in [-0.4, -0.2) is 37.1 Å². The molecular formula is C24H26N4O. The first-order chi connectivity index (χ1) is 14.1. The number of nitrogens with zero attached hydrogens (tertiary/aromatic N) is 3. The molecule has 2 aromatic carbocycles. The van der Waals surface area contributed by atoms with Crippen molar-refractivity contribution >= 4 is 23.0 Å². The molecule has 1 N–H and O–H groups in total. The van der Waals surface area contributed by atoms with Gasteiger partial charge in [-0.1, -0.05) is 30.3 Å². The maximum Gasteiger partial charge on any atom is 0.257 e. The van der Waals surface area contributed by atoms with Crippen molar-refractivity contribution in [3.05, 3.63) is 83.7 Å². The van der Waals surface area contributed by atoms with Crippen molar-refractivity contribution < 1.29 is 4.79 Å². The molecule has 29 heavy (non-hydrogen) atoms. The van der Waals surface area contributed by atoms with E-state index in [1.54, 1.807) is 6.20 Å². The number of pyridine rings is 1. The van der Waals surface area contributed by atoms with Gasteiger partial charge < -0.3 is 15.1 Å². The summed E-state index contributed by atoms with van der Waals surface area (Å²) in [6.07, 6.45) is 3.47. The van der Waals surface area contributed by atoms with E-state index in [0.29, 0.717) is 5.56 Å². The third kappa shape index (κ3) is 4.40. The van der Waals surface area contributed by atoms with E-state index in [2.05, 4.69) is 44.4 Å². The van der Waals surface area contributed by atoms with Crippen LogP contribution in [0.3, 0.4) is 0 Å². The number of hydrogen-bond acceptors (Lipinski definition) is 4. The second kappa shape index (κ2) is 8.35.